The zero-order valence-electron chi connectivity index (χ0n) is 13.8. The maximum atomic E-state index is 12.7. The van der Waals surface area contributed by atoms with E-state index in [0.29, 0.717) is 13.2 Å². The number of esters is 1. The summed E-state index contributed by atoms with van der Waals surface area (Å²) in [4.78, 5) is 14.8. The van der Waals surface area contributed by atoms with E-state index in [4.69, 9.17) is 9.47 Å². The molecule has 0 bridgehead atoms. The Morgan fingerprint density at radius 3 is 2.88 bits per heavy atom. The van der Waals surface area contributed by atoms with Crippen LogP contribution in [0.2, 0.25) is 0 Å². The van der Waals surface area contributed by atoms with Crippen LogP contribution in [0, 0.1) is 0 Å². The van der Waals surface area contributed by atoms with Crippen molar-refractivity contribution in [2.75, 3.05) is 25.2 Å². The van der Waals surface area contributed by atoms with E-state index in [2.05, 4.69) is 15.8 Å². The quantitative estimate of drug-likeness (QED) is 0.314. The van der Waals surface area contributed by atoms with E-state index in [1.54, 1.807) is 6.92 Å². The summed E-state index contributed by atoms with van der Waals surface area (Å²) in [5.74, 6) is -0.630. The molecule has 2 rings (SSSR count). The molecule has 0 amide bonds. The maximum Gasteiger partial charge on any atom is 0.423 e. The molecule has 138 valence electrons. The van der Waals surface area contributed by atoms with Gasteiger partial charge in [-0.15, -0.1) is 0 Å². The fourth-order valence-electron chi connectivity index (χ4n) is 2.30. The van der Waals surface area contributed by atoms with Crippen molar-refractivity contribution in [3.63, 3.8) is 0 Å². The van der Waals surface area contributed by atoms with Crippen LogP contribution in [0.25, 0.3) is 0 Å². The summed E-state index contributed by atoms with van der Waals surface area (Å²) in [6, 6.07) is 4.63. The van der Waals surface area contributed by atoms with Crippen molar-refractivity contribution < 1.29 is 32.4 Å². The predicted octanol–water partition coefficient (Wildman–Crippen LogP) is 0.843. The minimum absolute atomic E-state index is 0.00904. The van der Waals surface area contributed by atoms with Crippen molar-refractivity contribution in [3.05, 3.63) is 29.8 Å². The highest BCUT2D eigenvalue weighted by atomic mass is 19.4. The summed E-state index contributed by atoms with van der Waals surface area (Å²) >= 11 is 0. The Balaban J connectivity index is 2.03. The Kier molecular flexibility index (Phi) is 6.63. The maximum absolute atomic E-state index is 12.7. The van der Waals surface area contributed by atoms with E-state index in [1.165, 1.54) is 12.1 Å². The number of alkyl halides is 3. The first-order chi connectivity index (χ1) is 11.9. The van der Waals surface area contributed by atoms with Crippen molar-refractivity contribution >= 4 is 17.5 Å². The average Bonchev–Trinajstić information content (AvgIpc) is 3.08. The number of carbonyl (C=O) groups excluding carboxylic acids is 1. The molecule has 25 heavy (non-hydrogen) atoms. The van der Waals surface area contributed by atoms with Gasteiger partial charge in [0.2, 0.25) is 0 Å². The molecule has 9 heteroatoms. The lowest BCUT2D eigenvalue weighted by molar-refractivity contribution is -0.470. The first kappa shape index (κ1) is 19.0. The third-order valence-electron chi connectivity index (χ3n) is 3.53. The number of halogens is 3. The summed E-state index contributed by atoms with van der Waals surface area (Å²) < 4.78 is 48.6. The second-order valence-corrected chi connectivity index (χ2v) is 5.44. The third kappa shape index (κ3) is 5.93. The van der Waals surface area contributed by atoms with Gasteiger partial charge in [-0.25, -0.2) is 10.2 Å². The summed E-state index contributed by atoms with van der Waals surface area (Å²) in [7, 11) is 0. The standard InChI is InChI=1S/C16H20F3N3O3/c1-2-24-15(23)14(20-10-13-7-4-8-25-13)22-21-12-6-3-5-11(9-12)16(17,18)19/h3,5-6,9,13,21H,2,4,7-8,10H2,1H3,(H,20,22)/p+1/t13-/m1/s1. The number of amidine groups is 1. The lowest BCUT2D eigenvalue weighted by Crippen LogP contribution is -2.80. The van der Waals surface area contributed by atoms with Crippen LogP contribution in [0.5, 0.6) is 0 Å². The average molecular weight is 360 g/mol. The number of hydrogen-bond acceptors (Lipinski definition) is 4. The Morgan fingerprint density at radius 1 is 1.44 bits per heavy atom. The lowest BCUT2D eigenvalue weighted by atomic mass is 10.2. The van der Waals surface area contributed by atoms with Crippen LogP contribution in [0.15, 0.2) is 24.3 Å². The molecule has 0 aromatic heterocycles. The summed E-state index contributed by atoms with van der Waals surface area (Å²) in [5.41, 5.74) is 4.54. The van der Waals surface area contributed by atoms with Gasteiger partial charge in [-0.1, -0.05) is 6.07 Å². The number of nitrogens with one attached hydrogen (secondary N) is 3. The predicted molar refractivity (Wildman–Crippen MR) is 84.6 cm³/mol. The lowest BCUT2D eigenvalue weighted by Gasteiger charge is -2.10. The van der Waals surface area contributed by atoms with Gasteiger partial charge in [0.05, 0.1) is 24.0 Å². The van der Waals surface area contributed by atoms with Crippen molar-refractivity contribution in [2.24, 2.45) is 0 Å². The fourth-order valence-corrected chi connectivity index (χ4v) is 2.30. The van der Waals surface area contributed by atoms with Crippen LogP contribution in [0.1, 0.15) is 25.3 Å². The number of anilines is 1. The topological polar surface area (TPSA) is 73.6 Å². The van der Waals surface area contributed by atoms with Crippen molar-refractivity contribution in [2.45, 2.75) is 32.0 Å². The van der Waals surface area contributed by atoms with E-state index in [-0.39, 0.29) is 24.2 Å². The van der Waals surface area contributed by atoms with E-state index in [0.717, 1.165) is 25.0 Å². The van der Waals surface area contributed by atoms with Crippen LogP contribution in [-0.2, 0) is 20.4 Å². The molecule has 1 aliphatic rings. The Bertz CT molecular complexity index is 614. The van der Waals surface area contributed by atoms with E-state index < -0.39 is 17.7 Å². The van der Waals surface area contributed by atoms with Gasteiger partial charge in [-0.05, 0) is 38.0 Å². The molecule has 6 nitrogen and oxygen atoms in total. The summed E-state index contributed by atoms with van der Waals surface area (Å²) in [6.45, 7) is 2.91. The Labute approximate surface area is 143 Å². The summed E-state index contributed by atoms with van der Waals surface area (Å²) in [6.07, 6.45) is -2.62. The van der Waals surface area contributed by atoms with Gasteiger partial charge in [-0.3, -0.25) is 4.99 Å². The highest BCUT2D eigenvalue weighted by Crippen LogP contribution is 2.30. The molecule has 0 aliphatic carbocycles. The van der Waals surface area contributed by atoms with E-state index >= 15 is 0 Å². The molecule has 1 fully saturated rings. The van der Waals surface area contributed by atoms with Crippen LogP contribution in [0.3, 0.4) is 0 Å². The number of rotatable bonds is 5. The van der Waals surface area contributed by atoms with Gasteiger partial charge in [0.1, 0.15) is 6.54 Å². The van der Waals surface area contributed by atoms with Crippen LogP contribution in [-0.4, -0.2) is 37.7 Å². The van der Waals surface area contributed by atoms with Crippen molar-refractivity contribution in [1.82, 2.24) is 5.43 Å². The normalized spacial score (nSPS) is 18.1. The number of hydrogen-bond donors (Lipinski definition) is 3. The second-order valence-electron chi connectivity index (χ2n) is 5.44. The Hall–Kier alpha value is -2.29. The number of hydrazine groups is 1. The van der Waals surface area contributed by atoms with Crippen LogP contribution < -0.4 is 15.8 Å². The van der Waals surface area contributed by atoms with Gasteiger partial charge in [-0.2, -0.15) is 18.6 Å². The molecule has 1 heterocycles. The van der Waals surface area contributed by atoms with Gasteiger partial charge in [0.25, 0.3) is 0 Å². The molecule has 1 aromatic rings. The summed E-state index contributed by atoms with van der Waals surface area (Å²) in [5, 5.41) is 0. The van der Waals surface area contributed by atoms with Crippen molar-refractivity contribution in [3.8, 4) is 0 Å². The molecule has 1 atom stereocenters. The zero-order valence-corrected chi connectivity index (χ0v) is 13.8. The van der Waals surface area contributed by atoms with E-state index in [9.17, 15) is 18.0 Å². The fraction of sp³-hybridized carbons (Fsp3) is 0.500. The largest absolute Gasteiger partial charge is 0.457 e. The van der Waals surface area contributed by atoms with Crippen molar-refractivity contribution in [1.29, 1.82) is 0 Å². The molecular formula is C16H21F3N3O3+. The first-order valence-corrected chi connectivity index (χ1v) is 7.99. The third-order valence-corrected chi connectivity index (χ3v) is 3.53. The number of benzene rings is 1. The molecule has 3 N–H and O–H groups in total. The SMILES string of the molecule is CCOC(=O)C(NNc1cccc(C(F)(F)F)c1)=[NH+]C[C@H]1CCCO1. The zero-order chi connectivity index (χ0) is 18.3. The number of carbonyl (C=O) groups is 1. The van der Waals surface area contributed by atoms with Crippen LogP contribution >= 0.6 is 0 Å². The highest BCUT2D eigenvalue weighted by Gasteiger charge is 2.30. The minimum Gasteiger partial charge on any atom is -0.457 e. The molecule has 1 aromatic carbocycles. The van der Waals surface area contributed by atoms with Gasteiger partial charge < -0.3 is 9.47 Å². The molecule has 0 unspecified atom stereocenters. The smallest absolute Gasteiger partial charge is 0.423 e. The Morgan fingerprint density at radius 2 is 2.24 bits per heavy atom. The minimum atomic E-state index is -4.44. The number of ether oxygens (including phenoxy) is 2. The second kappa shape index (κ2) is 8.70. The molecular weight excluding hydrogens is 339 g/mol. The molecule has 0 spiro atoms. The van der Waals surface area contributed by atoms with Crippen LogP contribution in [0.4, 0.5) is 18.9 Å². The monoisotopic (exact) mass is 360 g/mol. The molecule has 0 saturated carbocycles. The highest BCUT2D eigenvalue weighted by molar-refractivity contribution is 6.32. The van der Waals surface area contributed by atoms with Gasteiger partial charge >= 0.3 is 18.0 Å². The molecule has 1 aliphatic heterocycles. The van der Waals surface area contributed by atoms with Gasteiger partial charge in [0, 0.05) is 6.61 Å². The molecule has 0 radical (unpaired) electrons. The molecule has 1 saturated heterocycles. The van der Waals surface area contributed by atoms with Gasteiger partial charge in [0.15, 0.2) is 0 Å². The van der Waals surface area contributed by atoms with E-state index in [1.807, 2.05) is 0 Å². The first-order valence-electron chi connectivity index (χ1n) is 7.99.